The van der Waals surface area contributed by atoms with E-state index < -0.39 is 5.97 Å². The molecule has 3 nitrogen and oxygen atoms in total. The van der Waals surface area contributed by atoms with Crippen molar-refractivity contribution in [3.8, 4) is 0 Å². The summed E-state index contributed by atoms with van der Waals surface area (Å²) in [4.78, 5) is 14.9. The standard InChI is InChI=1S/C18H19Cl2NO2S/c1-11-6-8-24-17(11)16(14-5-4-13(19)9-15(14)20)21-7-2-3-12(10-21)18(22)23/h4-6,8-9,12,16H,2-3,7,10H2,1H3,(H,22,23). The van der Waals surface area contributed by atoms with Gasteiger partial charge >= 0.3 is 5.97 Å². The summed E-state index contributed by atoms with van der Waals surface area (Å²) in [5.41, 5.74) is 2.19. The summed E-state index contributed by atoms with van der Waals surface area (Å²) in [5, 5.41) is 12.7. The van der Waals surface area contributed by atoms with Crippen LogP contribution >= 0.6 is 34.5 Å². The molecule has 1 aromatic heterocycles. The minimum absolute atomic E-state index is 0.0306. The fourth-order valence-electron chi connectivity index (χ4n) is 3.33. The maximum absolute atomic E-state index is 11.5. The first-order chi connectivity index (χ1) is 11.5. The Labute approximate surface area is 155 Å². The predicted molar refractivity (Wildman–Crippen MR) is 99.3 cm³/mol. The van der Waals surface area contributed by atoms with E-state index in [1.54, 1.807) is 17.4 Å². The van der Waals surface area contributed by atoms with E-state index in [2.05, 4.69) is 23.3 Å². The Morgan fingerprint density at radius 2 is 2.17 bits per heavy atom. The van der Waals surface area contributed by atoms with Crippen LogP contribution in [-0.2, 0) is 4.79 Å². The topological polar surface area (TPSA) is 40.5 Å². The van der Waals surface area contributed by atoms with Gasteiger partial charge in [-0.05, 0) is 61.0 Å². The van der Waals surface area contributed by atoms with E-state index in [9.17, 15) is 9.90 Å². The molecule has 1 aliphatic rings. The van der Waals surface area contributed by atoms with E-state index in [0.29, 0.717) is 16.6 Å². The van der Waals surface area contributed by atoms with Crippen LogP contribution in [0.4, 0.5) is 0 Å². The molecular weight excluding hydrogens is 365 g/mol. The summed E-state index contributed by atoms with van der Waals surface area (Å²) in [6.45, 7) is 3.49. The average Bonchev–Trinajstić information content (AvgIpc) is 2.96. The van der Waals surface area contributed by atoms with Gasteiger partial charge in [0.2, 0.25) is 0 Å². The SMILES string of the molecule is Cc1ccsc1C(c1ccc(Cl)cc1Cl)N1CCCC(C(=O)O)C1. The number of halogens is 2. The molecule has 0 bridgehead atoms. The zero-order chi connectivity index (χ0) is 17.3. The molecule has 128 valence electrons. The predicted octanol–water partition coefficient (Wildman–Crippen LogP) is 5.25. The molecule has 1 fully saturated rings. The van der Waals surface area contributed by atoms with E-state index in [4.69, 9.17) is 23.2 Å². The van der Waals surface area contributed by atoms with E-state index in [1.165, 1.54) is 10.4 Å². The largest absolute Gasteiger partial charge is 0.481 e. The number of piperidine rings is 1. The Morgan fingerprint density at radius 3 is 2.79 bits per heavy atom. The molecule has 6 heteroatoms. The molecule has 2 heterocycles. The van der Waals surface area contributed by atoms with Gasteiger partial charge in [0.1, 0.15) is 0 Å². The number of carboxylic acids is 1. The van der Waals surface area contributed by atoms with Crippen LogP contribution in [0.15, 0.2) is 29.6 Å². The summed E-state index contributed by atoms with van der Waals surface area (Å²) in [6.07, 6.45) is 1.61. The van der Waals surface area contributed by atoms with Crippen molar-refractivity contribution in [2.45, 2.75) is 25.8 Å². The zero-order valence-electron chi connectivity index (χ0n) is 13.3. The highest BCUT2D eigenvalue weighted by atomic mass is 35.5. The minimum Gasteiger partial charge on any atom is -0.481 e. The lowest BCUT2D eigenvalue weighted by Gasteiger charge is -2.37. The van der Waals surface area contributed by atoms with Crippen LogP contribution in [-0.4, -0.2) is 29.1 Å². The summed E-state index contributed by atoms with van der Waals surface area (Å²) in [6, 6.07) is 7.62. The Balaban J connectivity index is 2.02. The van der Waals surface area contributed by atoms with Crippen molar-refractivity contribution in [3.63, 3.8) is 0 Å². The van der Waals surface area contributed by atoms with Gasteiger partial charge < -0.3 is 5.11 Å². The van der Waals surface area contributed by atoms with Crippen LogP contribution in [0.25, 0.3) is 0 Å². The molecule has 0 radical (unpaired) electrons. The van der Waals surface area contributed by atoms with Crippen LogP contribution in [0, 0.1) is 12.8 Å². The molecule has 1 saturated heterocycles. The third kappa shape index (κ3) is 3.62. The van der Waals surface area contributed by atoms with E-state index in [-0.39, 0.29) is 12.0 Å². The quantitative estimate of drug-likeness (QED) is 0.783. The lowest BCUT2D eigenvalue weighted by Crippen LogP contribution is -2.41. The average molecular weight is 384 g/mol. The number of carboxylic acid groups (broad SMARTS) is 1. The van der Waals surface area contributed by atoms with Crippen molar-refractivity contribution in [3.05, 3.63) is 55.7 Å². The molecule has 1 N–H and O–H groups in total. The van der Waals surface area contributed by atoms with Crippen molar-refractivity contribution in [2.24, 2.45) is 5.92 Å². The van der Waals surface area contributed by atoms with Gasteiger partial charge in [-0.2, -0.15) is 0 Å². The fourth-order valence-corrected chi connectivity index (χ4v) is 4.92. The number of nitrogens with zero attached hydrogens (tertiary/aromatic N) is 1. The second kappa shape index (κ2) is 7.44. The first-order valence-electron chi connectivity index (χ1n) is 7.93. The molecule has 0 aliphatic carbocycles. The fraction of sp³-hybridized carbons (Fsp3) is 0.389. The molecule has 3 rings (SSSR count). The van der Waals surface area contributed by atoms with Crippen molar-refractivity contribution in [2.75, 3.05) is 13.1 Å². The Morgan fingerprint density at radius 1 is 1.38 bits per heavy atom. The monoisotopic (exact) mass is 383 g/mol. The van der Waals surface area contributed by atoms with Crippen LogP contribution in [0.2, 0.25) is 10.0 Å². The molecule has 2 aromatic rings. The van der Waals surface area contributed by atoms with Crippen molar-refractivity contribution in [1.29, 1.82) is 0 Å². The third-order valence-corrected chi connectivity index (χ3v) is 6.21. The number of thiophene rings is 1. The van der Waals surface area contributed by atoms with Gasteiger partial charge in [0.05, 0.1) is 12.0 Å². The molecule has 24 heavy (non-hydrogen) atoms. The summed E-state index contributed by atoms with van der Waals surface area (Å²) >= 11 is 14.2. The number of carbonyl (C=O) groups is 1. The Kier molecular flexibility index (Phi) is 5.50. The lowest BCUT2D eigenvalue weighted by atomic mass is 9.93. The maximum Gasteiger partial charge on any atom is 0.307 e. The highest BCUT2D eigenvalue weighted by Gasteiger charge is 2.33. The summed E-state index contributed by atoms with van der Waals surface area (Å²) < 4.78 is 0. The van der Waals surface area contributed by atoms with Gasteiger partial charge in [0.15, 0.2) is 0 Å². The van der Waals surface area contributed by atoms with Crippen LogP contribution in [0.1, 0.15) is 34.9 Å². The van der Waals surface area contributed by atoms with Gasteiger partial charge in [-0.25, -0.2) is 0 Å². The van der Waals surface area contributed by atoms with Crippen LogP contribution < -0.4 is 0 Å². The highest BCUT2D eigenvalue weighted by Crippen LogP contribution is 2.40. The zero-order valence-corrected chi connectivity index (χ0v) is 15.7. The normalized spacial score (nSPS) is 20.0. The number of likely N-dealkylation sites (tertiary alicyclic amines) is 1. The maximum atomic E-state index is 11.5. The lowest BCUT2D eigenvalue weighted by molar-refractivity contribution is -0.143. The van der Waals surface area contributed by atoms with Crippen molar-refractivity contribution < 1.29 is 9.90 Å². The molecule has 0 amide bonds. The van der Waals surface area contributed by atoms with Gasteiger partial charge in [-0.3, -0.25) is 9.69 Å². The van der Waals surface area contributed by atoms with E-state index in [0.717, 1.165) is 24.9 Å². The van der Waals surface area contributed by atoms with E-state index >= 15 is 0 Å². The Bertz CT molecular complexity index is 746. The number of hydrogen-bond donors (Lipinski definition) is 1. The number of rotatable bonds is 4. The minimum atomic E-state index is -0.719. The molecule has 2 atom stereocenters. The first-order valence-corrected chi connectivity index (χ1v) is 9.56. The van der Waals surface area contributed by atoms with Crippen LogP contribution in [0.5, 0.6) is 0 Å². The molecule has 1 aromatic carbocycles. The third-order valence-electron chi connectivity index (χ3n) is 4.57. The smallest absolute Gasteiger partial charge is 0.307 e. The van der Waals surface area contributed by atoms with Gasteiger partial charge in [0, 0.05) is 21.5 Å². The summed E-state index contributed by atoms with van der Waals surface area (Å²) in [5.74, 6) is -1.05. The molecular formula is C18H19Cl2NO2S. The van der Waals surface area contributed by atoms with Crippen molar-refractivity contribution in [1.82, 2.24) is 4.90 Å². The molecule has 1 aliphatic heterocycles. The number of aryl methyl sites for hydroxylation is 1. The number of benzene rings is 1. The van der Waals surface area contributed by atoms with Gasteiger partial charge in [0.25, 0.3) is 0 Å². The number of aliphatic carboxylic acids is 1. The van der Waals surface area contributed by atoms with Gasteiger partial charge in [-0.1, -0.05) is 29.3 Å². The molecule has 2 unspecified atom stereocenters. The second-order valence-electron chi connectivity index (χ2n) is 6.21. The van der Waals surface area contributed by atoms with E-state index in [1.807, 2.05) is 12.1 Å². The second-order valence-corrected chi connectivity index (χ2v) is 8.00. The highest BCUT2D eigenvalue weighted by molar-refractivity contribution is 7.10. The van der Waals surface area contributed by atoms with Gasteiger partial charge in [-0.15, -0.1) is 11.3 Å². The summed E-state index contributed by atoms with van der Waals surface area (Å²) in [7, 11) is 0. The molecule has 0 spiro atoms. The number of hydrogen-bond acceptors (Lipinski definition) is 3. The molecule has 0 saturated carbocycles. The Hall–Kier alpha value is -1.07. The van der Waals surface area contributed by atoms with Crippen molar-refractivity contribution >= 4 is 40.5 Å². The first kappa shape index (κ1) is 17.7. The van der Waals surface area contributed by atoms with Crippen LogP contribution in [0.3, 0.4) is 0 Å².